The normalized spacial score (nSPS) is 12.0. The molecule has 3 aromatic rings. The first kappa shape index (κ1) is 19.0. The predicted molar refractivity (Wildman–Crippen MR) is 110 cm³/mol. The van der Waals surface area contributed by atoms with Gasteiger partial charge in [0.05, 0.1) is 11.0 Å². The first-order valence-corrected chi connectivity index (χ1v) is 10.2. The van der Waals surface area contributed by atoms with Crippen LogP contribution in [0.25, 0.3) is 11.3 Å². The second kappa shape index (κ2) is 7.48. The van der Waals surface area contributed by atoms with Gasteiger partial charge in [-0.25, -0.2) is 8.42 Å². The lowest BCUT2D eigenvalue weighted by Gasteiger charge is -2.20. The van der Waals surface area contributed by atoms with Gasteiger partial charge in [0, 0.05) is 23.5 Å². The van der Waals surface area contributed by atoms with E-state index in [4.69, 9.17) is 4.42 Å². The summed E-state index contributed by atoms with van der Waals surface area (Å²) in [6.45, 7) is 5.65. The molecular weight excluding hydrogens is 360 g/mol. The number of furan rings is 1. The minimum absolute atomic E-state index is 0.563. The smallest absolute Gasteiger partial charge is 0.237 e. The van der Waals surface area contributed by atoms with E-state index in [1.54, 1.807) is 39.2 Å². The van der Waals surface area contributed by atoms with Gasteiger partial charge in [-0.05, 0) is 62.7 Å². The van der Waals surface area contributed by atoms with Gasteiger partial charge >= 0.3 is 0 Å². The van der Waals surface area contributed by atoms with Crippen molar-refractivity contribution in [2.45, 2.75) is 32.1 Å². The van der Waals surface area contributed by atoms with Crippen molar-refractivity contribution in [2.75, 3.05) is 10.0 Å². The van der Waals surface area contributed by atoms with E-state index in [2.05, 4.69) is 10.0 Å². The molecular formula is C21H24N2O3S. The van der Waals surface area contributed by atoms with Crippen LogP contribution in [0.1, 0.15) is 26.3 Å². The van der Waals surface area contributed by atoms with Crippen LogP contribution in [-0.4, -0.2) is 13.2 Å². The third-order valence-corrected chi connectivity index (χ3v) is 6.29. The summed E-state index contributed by atoms with van der Waals surface area (Å²) in [7, 11) is -3.42. The molecule has 0 aliphatic heterocycles. The van der Waals surface area contributed by atoms with Gasteiger partial charge in [-0.2, -0.15) is 0 Å². The molecule has 0 amide bonds. The molecule has 5 nitrogen and oxygen atoms in total. The van der Waals surface area contributed by atoms with Gasteiger partial charge in [-0.1, -0.05) is 24.3 Å². The van der Waals surface area contributed by atoms with Gasteiger partial charge in [0.2, 0.25) is 10.0 Å². The van der Waals surface area contributed by atoms with Gasteiger partial charge in [0.1, 0.15) is 5.76 Å². The molecule has 27 heavy (non-hydrogen) atoms. The molecule has 0 spiro atoms. The van der Waals surface area contributed by atoms with Crippen LogP contribution in [0.5, 0.6) is 0 Å². The second-order valence-corrected chi connectivity index (χ2v) is 9.76. The topological polar surface area (TPSA) is 71.3 Å². The van der Waals surface area contributed by atoms with Crippen LogP contribution in [0.2, 0.25) is 0 Å². The largest absolute Gasteiger partial charge is 0.464 e. The molecule has 1 aromatic heterocycles. The van der Waals surface area contributed by atoms with Crippen molar-refractivity contribution in [1.82, 2.24) is 0 Å². The van der Waals surface area contributed by atoms with Crippen molar-refractivity contribution in [3.63, 3.8) is 0 Å². The van der Waals surface area contributed by atoms with Gasteiger partial charge < -0.3 is 9.73 Å². The maximum absolute atomic E-state index is 12.2. The lowest BCUT2D eigenvalue weighted by Crippen LogP contribution is -2.33. The van der Waals surface area contributed by atoms with Gasteiger partial charge in [0.15, 0.2) is 0 Å². The van der Waals surface area contributed by atoms with E-state index in [1.165, 1.54) is 0 Å². The summed E-state index contributed by atoms with van der Waals surface area (Å²) in [6, 6.07) is 19.2. The maximum atomic E-state index is 12.2. The first-order valence-electron chi connectivity index (χ1n) is 8.74. The minimum Gasteiger partial charge on any atom is -0.464 e. The van der Waals surface area contributed by atoms with Gasteiger partial charge in [0.25, 0.3) is 0 Å². The Labute approximate surface area is 160 Å². The van der Waals surface area contributed by atoms with Crippen molar-refractivity contribution >= 4 is 21.4 Å². The fourth-order valence-corrected chi connectivity index (χ4v) is 3.18. The molecule has 0 saturated heterocycles. The SMILES string of the molecule is CC(C)(C)S(=O)(=O)Nc1ccc(CNc2cccc(-c3ccco3)c2)cc1. The second-order valence-electron chi connectivity index (χ2n) is 7.33. The third-order valence-electron chi connectivity index (χ3n) is 4.18. The quantitative estimate of drug-likeness (QED) is 0.620. The summed E-state index contributed by atoms with van der Waals surface area (Å²) < 4.78 is 31.6. The molecule has 1 heterocycles. The van der Waals surface area contributed by atoms with Crippen LogP contribution < -0.4 is 10.0 Å². The Morgan fingerprint density at radius 3 is 2.30 bits per heavy atom. The molecule has 0 aliphatic carbocycles. The highest BCUT2D eigenvalue weighted by atomic mass is 32.2. The average molecular weight is 385 g/mol. The Hall–Kier alpha value is -2.73. The third kappa shape index (κ3) is 4.71. The summed E-state index contributed by atoms with van der Waals surface area (Å²) in [5, 5.41) is 3.37. The summed E-state index contributed by atoms with van der Waals surface area (Å²) >= 11 is 0. The zero-order valence-electron chi connectivity index (χ0n) is 15.7. The lowest BCUT2D eigenvalue weighted by atomic mass is 10.1. The molecule has 2 N–H and O–H groups in total. The summed E-state index contributed by atoms with van der Waals surface area (Å²) in [4.78, 5) is 0. The van der Waals surface area contributed by atoms with Gasteiger partial charge in [-0.15, -0.1) is 0 Å². The zero-order valence-corrected chi connectivity index (χ0v) is 16.5. The van der Waals surface area contributed by atoms with Crippen molar-refractivity contribution < 1.29 is 12.8 Å². The van der Waals surface area contributed by atoms with Crippen LogP contribution in [0.4, 0.5) is 11.4 Å². The Morgan fingerprint density at radius 1 is 0.926 bits per heavy atom. The minimum atomic E-state index is -3.42. The molecule has 2 aromatic carbocycles. The van der Waals surface area contributed by atoms with Crippen LogP contribution in [0, 0.1) is 0 Å². The van der Waals surface area contributed by atoms with E-state index in [0.29, 0.717) is 12.2 Å². The average Bonchev–Trinajstić information content (AvgIpc) is 3.15. The van der Waals surface area contributed by atoms with E-state index in [9.17, 15) is 8.42 Å². The lowest BCUT2D eigenvalue weighted by molar-refractivity contribution is 0.566. The maximum Gasteiger partial charge on any atom is 0.237 e. The monoisotopic (exact) mass is 384 g/mol. The van der Waals surface area contributed by atoms with Crippen LogP contribution in [0.3, 0.4) is 0 Å². The summed E-state index contributed by atoms with van der Waals surface area (Å²) in [5.41, 5.74) is 3.61. The molecule has 0 saturated carbocycles. The molecule has 6 heteroatoms. The Balaban J connectivity index is 1.63. The fourth-order valence-electron chi connectivity index (χ4n) is 2.43. The first-order chi connectivity index (χ1) is 12.7. The molecule has 0 unspecified atom stereocenters. The summed E-state index contributed by atoms with van der Waals surface area (Å²) in [6.07, 6.45) is 1.66. The summed E-state index contributed by atoms with van der Waals surface area (Å²) in [5.74, 6) is 0.828. The Morgan fingerprint density at radius 2 is 1.67 bits per heavy atom. The number of benzene rings is 2. The van der Waals surface area contributed by atoms with Crippen molar-refractivity contribution in [1.29, 1.82) is 0 Å². The molecule has 142 valence electrons. The number of rotatable bonds is 6. The molecule has 3 rings (SSSR count). The highest BCUT2D eigenvalue weighted by molar-refractivity contribution is 7.94. The molecule has 0 atom stereocenters. The molecule has 0 radical (unpaired) electrons. The fraction of sp³-hybridized carbons (Fsp3) is 0.238. The van der Waals surface area contributed by atoms with E-state index >= 15 is 0 Å². The number of sulfonamides is 1. The van der Waals surface area contributed by atoms with E-state index in [1.807, 2.05) is 48.5 Å². The number of hydrogen-bond acceptors (Lipinski definition) is 4. The van der Waals surface area contributed by atoms with Gasteiger partial charge in [-0.3, -0.25) is 4.72 Å². The van der Waals surface area contributed by atoms with Crippen molar-refractivity contribution in [2.24, 2.45) is 0 Å². The van der Waals surface area contributed by atoms with E-state index in [-0.39, 0.29) is 0 Å². The predicted octanol–water partition coefficient (Wildman–Crippen LogP) is 5.10. The molecule has 0 bridgehead atoms. The van der Waals surface area contributed by atoms with Crippen LogP contribution in [-0.2, 0) is 16.6 Å². The van der Waals surface area contributed by atoms with Crippen molar-refractivity contribution in [3.8, 4) is 11.3 Å². The molecule has 0 fully saturated rings. The zero-order chi connectivity index (χ0) is 19.5. The standard InChI is InChI=1S/C21H24N2O3S/c1-21(2,3)27(24,25)23-18-11-9-16(10-12-18)15-22-19-7-4-6-17(14-19)20-8-5-13-26-20/h4-14,22-23H,15H2,1-3H3. The Bertz CT molecular complexity index is 987. The van der Waals surface area contributed by atoms with Crippen molar-refractivity contribution in [3.05, 3.63) is 72.5 Å². The highest BCUT2D eigenvalue weighted by Gasteiger charge is 2.28. The van der Waals surface area contributed by atoms with E-state index < -0.39 is 14.8 Å². The highest BCUT2D eigenvalue weighted by Crippen LogP contribution is 2.24. The van der Waals surface area contributed by atoms with Crippen LogP contribution >= 0.6 is 0 Å². The van der Waals surface area contributed by atoms with E-state index in [0.717, 1.165) is 22.6 Å². The molecule has 0 aliphatic rings. The number of nitrogens with one attached hydrogen (secondary N) is 2. The number of hydrogen-bond donors (Lipinski definition) is 2. The Kier molecular flexibility index (Phi) is 5.28. The number of anilines is 2. The van der Waals surface area contributed by atoms with Crippen LogP contribution in [0.15, 0.2) is 71.3 Å².